The number of rotatable bonds is 6. The van der Waals surface area contributed by atoms with Crippen molar-refractivity contribution in [3.8, 4) is 0 Å². The molecule has 0 aliphatic heterocycles. The molecule has 0 aromatic heterocycles. The van der Waals surface area contributed by atoms with Gasteiger partial charge in [0.25, 0.3) is 0 Å². The molecule has 5 heteroatoms. The van der Waals surface area contributed by atoms with Gasteiger partial charge < -0.3 is 10.6 Å². The lowest BCUT2D eigenvalue weighted by Gasteiger charge is -2.14. The van der Waals surface area contributed by atoms with E-state index in [1.54, 1.807) is 6.92 Å². The van der Waals surface area contributed by atoms with Gasteiger partial charge in [-0.3, -0.25) is 14.9 Å². The molecule has 0 radical (unpaired) electrons. The van der Waals surface area contributed by atoms with Crippen LogP contribution < -0.4 is 16.0 Å². The Bertz CT molecular complexity index is 480. The monoisotopic (exact) mass is 275 g/mol. The molecule has 0 bridgehead atoms. The summed E-state index contributed by atoms with van der Waals surface area (Å²) in [6, 6.07) is 7.54. The van der Waals surface area contributed by atoms with E-state index in [1.807, 2.05) is 31.2 Å². The van der Waals surface area contributed by atoms with Crippen LogP contribution in [0.4, 0.5) is 5.69 Å². The van der Waals surface area contributed by atoms with Gasteiger partial charge in [0, 0.05) is 11.7 Å². The van der Waals surface area contributed by atoms with E-state index in [2.05, 4.69) is 16.0 Å². The normalized spacial score (nSPS) is 15.5. The number of amides is 2. The topological polar surface area (TPSA) is 70.2 Å². The molecule has 0 saturated heterocycles. The molecule has 1 aliphatic carbocycles. The first-order valence-electron chi connectivity index (χ1n) is 6.95. The zero-order chi connectivity index (χ0) is 14.5. The van der Waals surface area contributed by atoms with Gasteiger partial charge in [-0.25, -0.2) is 0 Å². The fourth-order valence-corrected chi connectivity index (χ4v) is 1.73. The highest BCUT2D eigenvalue weighted by Gasteiger charge is 2.23. The van der Waals surface area contributed by atoms with Gasteiger partial charge in [-0.2, -0.15) is 0 Å². The molecular weight excluding hydrogens is 254 g/mol. The summed E-state index contributed by atoms with van der Waals surface area (Å²) in [4.78, 5) is 23.5. The Hall–Kier alpha value is -1.88. The second kappa shape index (κ2) is 6.52. The van der Waals surface area contributed by atoms with Crippen molar-refractivity contribution in [2.75, 3.05) is 11.9 Å². The number of nitrogens with one attached hydrogen (secondary N) is 3. The second-order valence-corrected chi connectivity index (χ2v) is 5.30. The van der Waals surface area contributed by atoms with Gasteiger partial charge in [0.15, 0.2) is 0 Å². The molecule has 1 atom stereocenters. The number of hydrogen-bond acceptors (Lipinski definition) is 3. The molecule has 1 aromatic rings. The predicted molar refractivity (Wildman–Crippen MR) is 78.4 cm³/mol. The third-order valence-electron chi connectivity index (χ3n) is 3.22. The second-order valence-electron chi connectivity index (χ2n) is 5.30. The van der Waals surface area contributed by atoms with Crippen LogP contribution in [-0.2, 0) is 9.59 Å². The summed E-state index contributed by atoms with van der Waals surface area (Å²) < 4.78 is 0. The summed E-state index contributed by atoms with van der Waals surface area (Å²) in [5, 5.41) is 8.61. The third kappa shape index (κ3) is 4.66. The molecule has 1 unspecified atom stereocenters. The lowest BCUT2D eigenvalue weighted by molar-refractivity contribution is -0.121. The van der Waals surface area contributed by atoms with Crippen LogP contribution in [0.3, 0.4) is 0 Å². The zero-order valence-electron chi connectivity index (χ0n) is 11.9. The van der Waals surface area contributed by atoms with E-state index in [9.17, 15) is 9.59 Å². The highest BCUT2D eigenvalue weighted by Crippen LogP contribution is 2.18. The first-order chi connectivity index (χ1) is 9.54. The standard InChI is InChI=1S/C15H21N3O2/c1-10-3-5-13(6-4-10)18-15(20)11(2)16-9-14(19)17-12-7-8-12/h3-6,11-12,16H,7-9H2,1-2H3,(H,17,19)(H,18,20). The first kappa shape index (κ1) is 14.5. The molecule has 1 fully saturated rings. The maximum absolute atomic E-state index is 11.9. The molecule has 1 saturated carbocycles. The third-order valence-corrected chi connectivity index (χ3v) is 3.22. The van der Waals surface area contributed by atoms with Crippen LogP contribution in [0.1, 0.15) is 25.3 Å². The molecule has 1 aromatic carbocycles. The van der Waals surface area contributed by atoms with Crippen molar-refractivity contribution < 1.29 is 9.59 Å². The van der Waals surface area contributed by atoms with E-state index >= 15 is 0 Å². The zero-order valence-corrected chi connectivity index (χ0v) is 11.9. The molecule has 108 valence electrons. The first-order valence-corrected chi connectivity index (χ1v) is 6.95. The van der Waals surface area contributed by atoms with E-state index in [4.69, 9.17) is 0 Å². The molecule has 1 aliphatic rings. The molecule has 5 nitrogen and oxygen atoms in total. The molecule has 3 N–H and O–H groups in total. The average Bonchev–Trinajstić information content (AvgIpc) is 3.22. The van der Waals surface area contributed by atoms with E-state index in [-0.39, 0.29) is 18.4 Å². The highest BCUT2D eigenvalue weighted by atomic mass is 16.2. The van der Waals surface area contributed by atoms with E-state index in [0.29, 0.717) is 6.04 Å². The van der Waals surface area contributed by atoms with Crippen LogP contribution in [0.2, 0.25) is 0 Å². The largest absolute Gasteiger partial charge is 0.352 e. The molecule has 0 heterocycles. The van der Waals surface area contributed by atoms with E-state index < -0.39 is 6.04 Å². The number of carbonyl (C=O) groups is 2. The van der Waals surface area contributed by atoms with Crippen molar-refractivity contribution in [1.82, 2.24) is 10.6 Å². The lowest BCUT2D eigenvalue weighted by Crippen LogP contribution is -2.44. The maximum Gasteiger partial charge on any atom is 0.241 e. The summed E-state index contributed by atoms with van der Waals surface area (Å²) in [5.74, 6) is -0.199. The van der Waals surface area contributed by atoms with Crippen LogP contribution >= 0.6 is 0 Å². The van der Waals surface area contributed by atoms with Gasteiger partial charge in [-0.1, -0.05) is 17.7 Å². The van der Waals surface area contributed by atoms with Crippen LogP contribution in [0.25, 0.3) is 0 Å². The maximum atomic E-state index is 11.9. The Balaban J connectivity index is 1.73. The average molecular weight is 275 g/mol. The van der Waals surface area contributed by atoms with Crippen molar-refractivity contribution in [3.63, 3.8) is 0 Å². The Labute approximate surface area is 119 Å². The Morgan fingerprint density at radius 3 is 2.50 bits per heavy atom. The van der Waals surface area contributed by atoms with Crippen LogP contribution in [0.5, 0.6) is 0 Å². The van der Waals surface area contributed by atoms with Crippen LogP contribution in [0, 0.1) is 6.92 Å². The smallest absolute Gasteiger partial charge is 0.241 e. The van der Waals surface area contributed by atoms with Gasteiger partial charge in [0.05, 0.1) is 12.6 Å². The van der Waals surface area contributed by atoms with Gasteiger partial charge in [-0.15, -0.1) is 0 Å². The minimum Gasteiger partial charge on any atom is -0.352 e. The predicted octanol–water partition coefficient (Wildman–Crippen LogP) is 1.19. The van der Waals surface area contributed by atoms with Crippen molar-refractivity contribution >= 4 is 17.5 Å². The molecule has 0 spiro atoms. The van der Waals surface area contributed by atoms with Crippen molar-refractivity contribution in [1.29, 1.82) is 0 Å². The SMILES string of the molecule is Cc1ccc(NC(=O)C(C)NCC(=O)NC2CC2)cc1. The highest BCUT2D eigenvalue weighted by molar-refractivity contribution is 5.94. The minimum atomic E-state index is -0.416. The fraction of sp³-hybridized carbons (Fsp3) is 0.467. The lowest BCUT2D eigenvalue weighted by atomic mass is 10.2. The Morgan fingerprint density at radius 2 is 1.90 bits per heavy atom. The van der Waals surface area contributed by atoms with Gasteiger partial charge in [-0.05, 0) is 38.8 Å². The fourth-order valence-electron chi connectivity index (χ4n) is 1.73. The van der Waals surface area contributed by atoms with Gasteiger partial charge in [0.2, 0.25) is 11.8 Å². The summed E-state index contributed by atoms with van der Waals surface area (Å²) >= 11 is 0. The summed E-state index contributed by atoms with van der Waals surface area (Å²) in [6.07, 6.45) is 2.13. The summed E-state index contributed by atoms with van der Waals surface area (Å²) in [7, 11) is 0. The van der Waals surface area contributed by atoms with Crippen LogP contribution in [0.15, 0.2) is 24.3 Å². The van der Waals surface area contributed by atoms with Crippen LogP contribution in [-0.4, -0.2) is 30.4 Å². The van der Waals surface area contributed by atoms with E-state index in [0.717, 1.165) is 24.1 Å². The Kier molecular flexibility index (Phi) is 4.74. The van der Waals surface area contributed by atoms with Gasteiger partial charge >= 0.3 is 0 Å². The van der Waals surface area contributed by atoms with Crippen molar-refractivity contribution in [2.45, 2.75) is 38.8 Å². The molecular formula is C15H21N3O2. The molecule has 20 heavy (non-hydrogen) atoms. The number of aryl methyl sites for hydroxylation is 1. The van der Waals surface area contributed by atoms with Crippen molar-refractivity contribution in [2.24, 2.45) is 0 Å². The molecule has 2 rings (SSSR count). The summed E-state index contributed by atoms with van der Waals surface area (Å²) in [6.45, 7) is 3.90. The Morgan fingerprint density at radius 1 is 1.25 bits per heavy atom. The molecule has 2 amide bonds. The number of anilines is 1. The number of benzene rings is 1. The summed E-state index contributed by atoms with van der Waals surface area (Å²) in [5.41, 5.74) is 1.91. The number of hydrogen-bond donors (Lipinski definition) is 3. The number of carbonyl (C=O) groups excluding carboxylic acids is 2. The minimum absolute atomic E-state index is 0.0533. The van der Waals surface area contributed by atoms with Crippen molar-refractivity contribution in [3.05, 3.63) is 29.8 Å². The quantitative estimate of drug-likeness (QED) is 0.730. The van der Waals surface area contributed by atoms with E-state index in [1.165, 1.54) is 0 Å². The van der Waals surface area contributed by atoms with Gasteiger partial charge in [0.1, 0.15) is 0 Å².